The number of aromatic nitrogens is 2. The molecule has 0 saturated carbocycles. The van der Waals surface area contributed by atoms with E-state index in [0.29, 0.717) is 6.42 Å². The van der Waals surface area contributed by atoms with Gasteiger partial charge in [0, 0.05) is 50.1 Å². The highest BCUT2D eigenvalue weighted by molar-refractivity contribution is 5.58. The Hall–Kier alpha value is -2.50. The zero-order valence-corrected chi connectivity index (χ0v) is 14.7. The minimum absolute atomic E-state index is 0.510. The third-order valence-corrected chi connectivity index (χ3v) is 5.07. The Balaban J connectivity index is 1.35. The number of hydrogen-bond acceptors (Lipinski definition) is 5. The van der Waals surface area contributed by atoms with Crippen molar-refractivity contribution in [3.8, 4) is 11.3 Å². The van der Waals surface area contributed by atoms with Gasteiger partial charge in [-0.15, -0.1) is 0 Å². The van der Waals surface area contributed by atoms with Gasteiger partial charge in [0.25, 0.3) is 0 Å². The zero-order valence-electron chi connectivity index (χ0n) is 14.7. The Morgan fingerprint density at radius 1 is 1.04 bits per heavy atom. The predicted octanol–water partition coefficient (Wildman–Crippen LogP) is 3.31. The Bertz CT molecular complexity index is 825. The number of hydrogen-bond donors (Lipinski definition) is 1. The molecule has 0 bridgehead atoms. The van der Waals surface area contributed by atoms with E-state index in [1.807, 2.05) is 60.9 Å². The van der Waals surface area contributed by atoms with E-state index in [1.165, 1.54) is 5.56 Å². The first-order valence-electron chi connectivity index (χ1n) is 9.05. The minimum atomic E-state index is -0.720. The van der Waals surface area contributed by atoms with Crippen molar-refractivity contribution < 1.29 is 9.63 Å². The number of aliphatic hydroxyl groups is 1. The Morgan fingerprint density at radius 3 is 2.50 bits per heavy atom. The van der Waals surface area contributed by atoms with Crippen LogP contribution >= 0.6 is 0 Å². The quantitative estimate of drug-likeness (QED) is 0.766. The molecule has 1 saturated heterocycles. The van der Waals surface area contributed by atoms with Gasteiger partial charge in [0.2, 0.25) is 0 Å². The van der Waals surface area contributed by atoms with Gasteiger partial charge in [0.05, 0.1) is 5.60 Å². The predicted molar refractivity (Wildman–Crippen MR) is 99.3 cm³/mol. The summed E-state index contributed by atoms with van der Waals surface area (Å²) in [5.74, 6) is 0.744. The molecule has 1 N–H and O–H groups in total. The van der Waals surface area contributed by atoms with E-state index in [4.69, 9.17) is 4.52 Å². The fourth-order valence-corrected chi connectivity index (χ4v) is 3.52. The number of piperidine rings is 1. The highest BCUT2D eigenvalue weighted by Gasteiger charge is 2.33. The second-order valence-corrected chi connectivity index (χ2v) is 7.08. The summed E-state index contributed by atoms with van der Waals surface area (Å²) in [6.07, 6.45) is 5.63. The first-order chi connectivity index (χ1) is 12.7. The molecule has 1 aliphatic heterocycles. The Labute approximate surface area is 153 Å². The summed E-state index contributed by atoms with van der Waals surface area (Å²) in [4.78, 5) is 6.43. The van der Waals surface area contributed by atoms with Crippen molar-refractivity contribution in [1.82, 2.24) is 15.0 Å². The van der Waals surface area contributed by atoms with Gasteiger partial charge in [-0.05, 0) is 30.5 Å². The van der Waals surface area contributed by atoms with Gasteiger partial charge in [-0.1, -0.05) is 35.5 Å². The van der Waals surface area contributed by atoms with Crippen LogP contribution in [0.1, 0.15) is 24.2 Å². The molecule has 0 amide bonds. The van der Waals surface area contributed by atoms with E-state index in [2.05, 4.69) is 15.0 Å². The lowest BCUT2D eigenvalue weighted by molar-refractivity contribution is -0.0265. The molecule has 0 unspecified atom stereocenters. The van der Waals surface area contributed by atoms with Gasteiger partial charge in [0.1, 0.15) is 11.5 Å². The van der Waals surface area contributed by atoms with E-state index < -0.39 is 5.60 Å². The van der Waals surface area contributed by atoms with Gasteiger partial charge in [-0.3, -0.25) is 9.88 Å². The molecule has 1 aliphatic rings. The molecule has 3 aromatic rings. The maximum Gasteiger partial charge on any atom is 0.140 e. The smallest absolute Gasteiger partial charge is 0.140 e. The van der Waals surface area contributed by atoms with E-state index in [9.17, 15) is 5.11 Å². The van der Waals surface area contributed by atoms with Crippen molar-refractivity contribution in [3.63, 3.8) is 0 Å². The minimum Gasteiger partial charge on any atom is -0.389 e. The number of pyridine rings is 1. The summed E-state index contributed by atoms with van der Waals surface area (Å²) in [5, 5.41) is 15.1. The van der Waals surface area contributed by atoms with Crippen LogP contribution in [0.5, 0.6) is 0 Å². The molecular formula is C21H23N3O2. The number of nitrogens with zero attached hydrogens (tertiary/aromatic N) is 3. The Morgan fingerprint density at radius 2 is 1.77 bits per heavy atom. The van der Waals surface area contributed by atoms with Crippen LogP contribution in [-0.2, 0) is 13.0 Å². The lowest BCUT2D eigenvalue weighted by Crippen LogP contribution is -2.45. The van der Waals surface area contributed by atoms with Gasteiger partial charge in [-0.25, -0.2) is 0 Å². The van der Waals surface area contributed by atoms with E-state index in [-0.39, 0.29) is 0 Å². The van der Waals surface area contributed by atoms with Crippen molar-refractivity contribution in [2.45, 2.75) is 31.4 Å². The number of likely N-dealkylation sites (tertiary alicyclic amines) is 1. The highest BCUT2D eigenvalue weighted by Crippen LogP contribution is 2.29. The van der Waals surface area contributed by atoms with E-state index >= 15 is 0 Å². The van der Waals surface area contributed by atoms with Crippen LogP contribution in [0, 0.1) is 0 Å². The fraction of sp³-hybridized carbons (Fsp3) is 0.333. The third-order valence-electron chi connectivity index (χ3n) is 5.07. The first kappa shape index (κ1) is 16.9. The Kier molecular flexibility index (Phi) is 4.82. The normalized spacial score (nSPS) is 17.3. The summed E-state index contributed by atoms with van der Waals surface area (Å²) in [6.45, 7) is 2.65. The topological polar surface area (TPSA) is 62.4 Å². The number of benzene rings is 1. The van der Waals surface area contributed by atoms with Crippen LogP contribution < -0.4 is 0 Å². The molecule has 0 aliphatic carbocycles. The fourth-order valence-electron chi connectivity index (χ4n) is 3.52. The maximum atomic E-state index is 11.0. The SMILES string of the molecule is OC1(Cc2cc(-c3ccccc3)no2)CCN(Cc2ccncc2)CC1. The van der Waals surface area contributed by atoms with Crippen LogP contribution in [0.4, 0.5) is 0 Å². The molecular weight excluding hydrogens is 326 g/mol. The van der Waals surface area contributed by atoms with Crippen LogP contribution in [0.3, 0.4) is 0 Å². The van der Waals surface area contributed by atoms with Crippen molar-refractivity contribution in [2.75, 3.05) is 13.1 Å². The molecule has 5 nitrogen and oxygen atoms in total. The summed E-state index contributed by atoms with van der Waals surface area (Å²) in [6, 6.07) is 16.0. The van der Waals surface area contributed by atoms with E-state index in [0.717, 1.165) is 49.5 Å². The molecule has 3 heterocycles. The van der Waals surface area contributed by atoms with Gasteiger partial charge in [0.15, 0.2) is 0 Å². The van der Waals surface area contributed by atoms with Crippen LogP contribution in [0.15, 0.2) is 65.4 Å². The summed E-state index contributed by atoms with van der Waals surface area (Å²) in [7, 11) is 0. The molecule has 26 heavy (non-hydrogen) atoms. The van der Waals surface area contributed by atoms with Gasteiger partial charge < -0.3 is 9.63 Å². The molecule has 0 atom stereocenters. The largest absolute Gasteiger partial charge is 0.389 e. The first-order valence-corrected chi connectivity index (χ1v) is 9.05. The second-order valence-electron chi connectivity index (χ2n) is 7.08. The van der Waals surface area contributed by atoms with Crippen molar-refractivity contribution in [1.29, 1.82) is 0 Å². The van der Waals surface area contributed by atoms with Crippen LogP contribution in [0.25, 0.3) is 11.3 Å². The summed E-state index contributed by atoms with van der Waals surface area (Å²) < 4.78 is 5.48. The zero-order chi connectivity index (χ0) is 17.8. The van der Waals surface area contributed by atoms with E-state index in [1.54, 1.807) is 0 Å². The molecule has 5 heteroatoms. The number of rotatable bonds is 5. The monoisotopic (exact) mass is 349 g/mol. The van der Waals surface area contributed by atoms with Crippen molar-refractivity contribution in [2.24, 2.45) is 0 Å². The lowest BCUT2D eigenvalue weighted by Gasteiger charge is -2.37. The molecule has 134 valence electrons. The summed E-state index contributed by atoms with van der Waals surface area (Å²) >= 11 is 0. The van der Waals surface area contributed by atoms with Gasteiger partial charge >= 0.3 is 0 Å². The van der Waals surface area contributed by atoms with Gasteiger partial charge in [-0.2, -0.15) is 0 Å². The maximum absolute atomic E-state index is 11.0. The molecule has 4 rings (SSSR count). The molecule has 0 radical (unpaired) electrons. The standard InChI is InChI=1S/C21H23N3O2/c25-21(8-12-24(13-9-21)16-17-6-10-22-11-7-17)15-19-14-20(23-26-19)18-4-2-1-3-5-18/h1-7,10-11,14,25H,8-9,12-13,15-16H2. The molecule has 2 aromatic heterocycles. The molecule has 1 aromatic carbocycles. The summed E-state index contributed by atoms with van der Waals surface area (Å²) in [5.41, 5.74) is 2.39. The molecule has 0 spiro atoms. The second kappa shape index (κ2) is 7.40. The van der Waals surface area contributed by atoms with Crippen molar-refractivity contribution in [3.05, 3.63) is 72.2 Å². The van der Waals surface area contributed by atoms with Crippen LogP contribution in [0.2, 0.25) is 0 Å². The molecule has 1 fully saturated rings. The lowest BCUT2D eigenvalue weighted by atomic mass is 9.87. The van der Waals surface area contributed by atoms with Crippen LogP contribution in [-0.4, -0.2) is 38.8 Å². The average molecular weight is 349 g/mol. The average Bonchev–Trinajstić information content (AvgIpc) is 3.13. The third kappa shape index (κ3) is 4.00. The van der Waals surface area contributed by atoms with Crippen molar-refractivity contribution >= 4 is 0 Å². The highest BCUT2D eigenvalue weighted by atomic mass is 16.5.